The van der Waals surface area contributed by atoms with E-state index in [4.69, 9.17) is 4.42 Å². The Labute approximate surface area is 124 Å². The summed E-state index contributed by atoms with van der Waals surface area (Å²) in [4.78, 5) is 25.4. The molecule has 0 radical (unpaired) electrons. The molecule has 2 aromatic heterocycles. The number of rotatable bonds is 0. The number of para-hydroxylation sites is 1. The van der Waals surface area contributed by atoms with Crippen molar-refractivity contribution in [1.29, 1.82) is 0 Å². The van der Waals surface area contributed by atoms with Gasteiger partial charge in [0, 0.05) is 17.0 Å². The largest absolute Gasteiger partial charge is 0.439 e. The van der Waals surface area contributed by atoms with Crippen molar-refractivity contribution in [2.75, 3.05) is 0 Å². The van der Waals surface area contributed by atoms with Gasteiger partial charge >= 0.3 is 0 Å². The van der Waals surface area contributed by atoms with Gasteiger partial charge in [-0.3, -0.25) is 14.2 Å². The molecule has 0 fully saturated rings. The molecule has 0 atom stereocenters. The Morgan fingerprint density at radius 3 is 2.45 bits per heavy atom. The first kappa shape index (κ1) is 11.5. The first-order chi connectivity index (χ1) is 10.8. The van der Waals surface area contributed by atoms with E-state index in [1.54, 1.807) is 22.8 Å². The number of hydrogen-bond donors (Lipinski definition) is 0. The molecular formula is C18H9NO3. The molecule has 0 aliphatic carbocycles. The van der Waals surface area contributed by atoms with Gasteiger partial charge < -0.3 is 4.42 Å². The molecule has 0 amide bonds. The molecule has 104 valence electrons. The quantitative estimate of drug-likeness (QED) is 0.439. The van der Waals surface area contributed by atoms with E-state index in [0.29, 0.717) is 22.5 Å². The zero-order valence-corrected chi connectivity index (χ0v) is 11.4. The van der Waals surface area contributed by atoms with E-state index >= 15 is 0 Å². The van der Waals surface area contributed by atoms with Crippen LogP contribution in [0.25, 0.3) is 27.6 Å². The predicted molar refractivity (Wildman–Crippen MR) is 82.7 cm³/mol. The second kappa shape index (κ2) is 3.74. The topological polar surface area (TPSA) is 52.2 Å². The average Bonchev–Trinajstić information content (AvgIpc) is 3.05. The lowest BCUT2D eigenvalue weighted by Crippen LogP contribution is -2.13. The van der Waals surface area contributed by atoms with Crippen LogP contribution in [0, 0.1) is 0 Å². The van der Waals surface area contributed by atoms with Crippen LogP contribution in [-0.4, -0.2) is 10.4 Å². The maximum absolute atomic E-state index is 12.7. The number of ketones is 1. The molecule has 4 nitrogen and oxygen atoms in total. The third kappa shape index (κ3) is 1.22. The molecule has 4 aromatic rings. The van der Waals surface area contributed by atoms with Crippen molar-refractivity contribution in [2.45, 2.75) is 0 Å². The number of carbonyl (C=O) groups is 1. The van der Waals surface area contributed by atoms with Crippen LogP contribution in [-0.2, 0) is 0 Å². The van der Waals surface area contributed by atoms with Crippen LogP contribution in [0.2, 0.25) is 0 Å². The van der Waals surface area contributed by atoms with Gasteiger partial charge in [-0.2, -0.15) is 0 Å². The highest BCUT2D eigenvalue weighted by Crippen LogP contribution is 2.34. The Kier molecular flexibility index (Phi) is 1.96. The molecule has 0 saturated heterocycles. The summed E-state index contributed by atoms with van der Waals surface area (Å²) >= 11 is 0. The summed E-state index contributed by atoms with van der Waals surface area (Å²) in [5.74, 6) is 0.0515. The van der Waals surface area contributed by atoms with Crippen molar-refractivity contribution >= 4 is 27.5 Å². The van der Waals surface area contributed by atoms with Gasteiger partial charge in [0.05, 0.1) is 5.39 Å². The molecule has 2 aromatic carbocycles. The Morgan fingerprint density at radius 2 is 1.59 bits per heavy atom. The van der Waals surface area contributed by atoms with E-state index in [2.05, 4.69) is 0 Å². The van der Waals surface area contributed by atoms with Crippen molar-refractivity contribution in [3.8, 4) is 5.88 Å². The van der Waals surface area contributed by atoms with Crippen LogP contribution in [0.5, 0.6) is 0 Å². The summed E-state index contributed by atoms with van der Waals surface area (Å²) in [5, 5.41) is 2.22. The number of hydrogen-bond acceptors (Lipinski definition) is 3. The fourth-order valence-corrected chi connectivity index (χ4v) is 3.17. The van der Waals surface area contributed by atoms with Gasteiger partial charge in [-0.15, -0.1) is 0 Å². The third-order valence-corrected chi connectivity index (χ3v) is 4.17. The van der Waals surface area contributed by atoms with E-state index in [0.717, 1.165) is 10.8 Å². The predicted octanol–water partition coefficient (Wildman–Crippen LogP) is 3.28. The summed E-state index contributed by atoms with van der Waals surface area (Å²) < 4.78 is 7.54. The number of nitrogens with zero attached hydrogens (tertiary/aromatic N) is 1. The molecule has 5 rings (SSSR count). The average molecular weight is 287 g/mol. The van der Waals surface area contributed by atoms with Crippen LogP contribution in [0.4, 0.5) is 0 Å². The highest BCUT2D eigenvalue weighted by atomic mass is 16.4. The highest BCUT2D eigenvalue weighted by molar-refractivity contribution is 6.20. The second-order valence-corrected chi connectivity index (χ2v) is 5.37. The van der Waals surface area contributed by atoms with Gasteiger partial charge in [0.15, 0.2) is 0 Å². The fourth-order valence-electron chi connectivity index (χ4n) is 3.17. The zero-order chi connectivity index (χ0) is 14.8. The van der Waals surface area contributed by atoms with Crippen LogP contribution in [0.15, 0.2) is 63.9 Å². The first-order valence-corrected chi connectivity index (χ1v) is 6.97. The van der Waals surface area contributed by atoms with Gasteiger partial charge in [-0.25, -0.2) is 0 Å². The number of fused-ring (bicyclic) bond motifs is 6. The summed E-state index contributed by atoms with van der Waals surface area (Å²) in [5.41, 5.74) is 0.848. The third-order valence-electron chi connectivity index (χ3n) is 4.17. The van der Waals surface area contributed by atoms with Gasteiger partial charge in [0.25, 0.3) is 0 Å². The molecule has 0 unspecified atom stereocenters. The minimum Gasteiger partial charge on any atom is -0.439 e. The van der Waals surface area contributed by atoms with Crippen molar-refractivity contribution < 1.29 is 9.21 Å². The van der Waals surface area contributed by atoms with Gasteiger partial charge in [0.1, 0.15) is 16.8 Å². The first-order valence-electron chi connectivity index (χ1n) is 6.97. The Balaban J connectivity index is 1.99. The summed E-state index contributed by atoms with van der Waals surface area (Å²) in [6, 6.07) is 14.6. The Bertz CT molecular complexity index is 1160. The number of aromatic nitrogens is 1. The minimum atomic E-state index is -0.269. The monoisotopic (exact) mass is 287 g/mol. The van der Waals surface area contributed by atoms with Gasteiger partial charge in [-0.1, -0.05) is 36.4 Å². The molecule has 3 heterocycles. The normalized spacial score (nSPS) is 12.8. The Morgan fingerprint density at radius 1 is 0.864 bits per heavy atom. The molecule has 0 spiro atoms. The summed E-state index contributed by atoms with van der Waals surface area (Å²) in [6.07, 6.45) is 1.84. The lowest BCUT2D eigenvalue weighted by Gasteiger charge is -2.02. The molecular weight excluding hydrogens is 278 g/mol. The van der Waals surface area contributed by atoms with E-state index in [1.165, 1.54) is 0 Å². The molecule has 1 aliphatic rings. The van der Waals surface area contributed by atoms with E-state index < -0.39 is 0 Å². The molecule has 4 heteroatoms. The number of carbonyl (C=O) groups excluding carboxylic acids is 1. The van der Waals surface area contributed by atoms with E-state index in [1.807, 2.05) is 36.5 Å². The molecule has 0 bridgehead atoms. The summed E-state index contributed by atoms with van der Waals surface area (Å²) in [7, 11) is 0. The van der Waals surface area contributed by atoms with E-state index in [9.17, 15) is 9.59 Å². The van der Waals surface area contributed by atoms with Crippen LogP contribution >= 0.6 is 0 Å². The lowest BCUT2D eigenvalue weighted by atomic mass is 10.1. The van der Waals surface area contributed by atoms with Crippen molar-refractivity contribution in [1.82, 2.24) is 4.57 Å². The zero-order valence-electron chi connectivity index (χ0n) is 11.4. The minimum absolute atomic E-state index is 0.124. The number of benzene rings is 2. The lowest BCUT2D eigenvalue weighted by molar-refractivity contribution is 0.104. The maximum Gasteiger partial charge on any atom is 0.220 e. The van der Waals surface area contributed by atoms with Crippen LogP contribution in [0.1, 0.15) is 16.1 Å². The Hall–Kier alpha value is -3.14. The standard InChI is InChI=1S/C18H9NO3/c20-16-12-7-3-4-8-13(12)22-18-14(16)17(21)15-11-6-2-1-5-10(11)9-19(15)18/h1-9H. The fraction of sp³-hybridized carbons (Fsp3) is 0. The molecule has 22 heavy (non-hydrogen) atoms. The summed E-state index contributed by atoms with van der Waals surface area (Å²) in [6.45, 7) is 0. The van der Waals surface area contributed by atoms with Crippen LogP contribution in [0.3, 0.4) is 0 Å². The second-order valence-electron chi connectivity index (χ2n) is 5.37. The van der Waals surface area contributed by atoms with E-state index in [-0.39, 0.29) is 16.8 Å². The van der Waals surface area contributed by atoms with Crippen molar-refractivity contribution in [2.24, 2.45) is 0 Å². The van der Waals surface area contributed by atoms with Crippen LogP contribution < -0.4 is 5.43 Å². The highest BCUT2D eigenvalue weighted by Gasteiger charge is 2.34. The van der Waals surface area contributed by atoms with Crippen molar-refractivity contribution in [3.05, 3.63) is 76.2 Å². The van der Waals surface area contributed by atoms with Gasteiger partial charge in [-0.05, 0) is 12.1 Å². The molecule has 1 aliphatic heterocycles. The molecule has 0 N–H and O–H groups in total. The van der Waals surface area contributed by atoms with Crippen molar-refractivity contribution in [3.63, 3.8) is 0 Å². The molecule has 0 saturated carbocycles. The van der Waals surface area contributed by atoms with Gasteiger partial charge in [0.2, 0.25) is 17.1 Å². The maximum atomic E-state index is 12.7. The SMILES string of the molecule is O=C1c2c(oc3ccccc3c2=O)-n2cc3ccccc3c21. The smallest absolute Gasteiger partial charge is 0.220 e.